The number of ether oxygens (including phenoxy) is 7. The fourth-order valence-electron chi connectivity index (χ4n) is 12.3. The second kappa shape index (κ2) is 43.7. The standard InChI is InChI=1S/C32H38O7Si.C25H32O7Si.C22H28O5Si.C10H12O3/c1-23(29(33)36-22-26-16-10-7-11-17-26)37-30(34)24(2)38-31(35)25(3)39-40(32(4,5)6,27-18-12-8-13-19-27)28-20-14-9-15-21-28;1-17(22(26)27)30-23(28)18(2)31-24(29)19(3)32-33(25(4,5)6,20-13-9-7-10-14-20)21-15-11-8-12-16-21;1-16(20(23)24)26-21(25)17(2)27-28(22(3,4)5,18-12-8-6-9-13-18)19-14-10-7-11-15-19;1-8(11)10(12)13-7-9-5-3-2-4-6-9/h7-21,23-25H,22H2,1-6H3;7-19H,1-6H3,(H,26,27);6-17H,1-5H3,(H,23,24);2-6,8,11H,7H2,1H3/t23-,24-,25-;17-,18-,19-;16-,17-;8-/m0000/s1. The van der Waals surface area contributed by atoms with E-state index in [0.717, 1.165) is 42.2 Å². The molecule has 114 heavy (non-hydrogen) atoms. The van der Waals surface area contributed by atoms with Gasteiger partial charge in [0.25, 0.3) is 25.0 Å². The Morgan fingerprint density at radius 2 is 0.439 bits per heavy atom. The van der Waals surface area contributed by atoms with Crippen molar-refractivity contribution in [2.75, 3.05) is 0 Å². The molecule has 0 unspecified atom stereocenters. The smallest absolute Gasteiger partial charge is 0.347 e. The van der Waals surface area contributed by atoms with Crippen molar-refractivity contribution in [3.05, 3.63) is 254 Å². The maximum Gasteiger partial charge on any atom is 0.347 e. The molecule has 0 radical (unpaired) electrons. The SMILES string of the molecule is C[C@H](O)C(=O)OCc1ccccc1.C[C@H](OC(=O)[C@H](C)OC(=O)[C@H](C)O[Si](c1ccccc1)(c1ccccc1)C(C)(C)C)C(=O)O.C[C@H](OC(=O)[C@H](C)OC(=O)[C@H](C)O[Si](c1ccccc1)(c1ccccc1)C(C)(C)C)C(=O)OCc1ccccc1.C[C@H](OC(=O)[C@H](C)O[Si](c1ccccc1)(c1ccccc1)C(C)(C)C)C(=O)O. The Morgan fingerprint density at radius 3 is 0.632 bits per heavy atom. The summed E-state index contributed by atoms with van der Waals surface area (Å²) in [5.74, 6) is -7.65. The number of carbonyl (C=O) groups excluding carboxylic acids is 7. The number of carbonyl (C=O) groups is 9. The second-order valence-electron chi connectivity index (χ2n) is 30.2. The molecule has 0 amide bonds. The predicted octanol–water partition coefficient (Wildman–Crippen LogP) is 11.5. The highest BCUT2D eigenvalue weighted by atomic mass is 28.4. The van der Waals surface area contributed by atoms with Gasteiger partial charge in [-0.3, -0.25) is 0 Å². The summed E-state index contributed by atoms with van der Waals surface area (Å²) in [6.07, 6.45) is -10.2. The summed E-state index contributed by atoms with van der Waals surface area (Å²) in [6, 6.07) is 77.9. The van der Waals surface area contributed by atoms with E-state index < -0.39 is 134 Å². The van der Waals surface area contributed by atoms with Gasteiger partial charge < -0.3 is 61.8 Å². The largest absolute Gasteiger partial charge is 0.479 e. The van der Waals surface area contributed by atoms with Crippen LogP contribution < -0.4 is 31.1 Å². The molecular formula is C89H110O22Si3. The van der Waals surface area contributed by atoms with E-state index in [1.807, 2.05) is 243 Å². The first-order chi connectivity index (χ1) is 53.6. The van der Waals surface area contributed by atoms with Gasteiger partial charge in [-0.1, -0.05) is 305 Å². The van der Waals surface area contributed by atoms with E-state index in [-0.39, 0.29) is 28.3 Å². The number of aliphatic hydroxyl groups excluding tert-OH is 1. The third-order valence-electron chi connectivity index (χ3n) is 18.3. The normalized spacial score (nSPS) is 14.0. The van der Waals surface area contributed by atoms with E-state index in [0.29, 0.717) is 0 Å². The lowest BCUT2D eigenvalue weighted by Gasteiger charge is -2.44. The van der Waals surface area contributed by atoms with Gasteiger partial charge in [0, 0.05) is 0 Å². The van der Waals surface area contributed by atoms with Crippen molar-refractivity contribution in [3.63, 3.8) is 0 Å². The minimum Gasteiger partial charge on any atom is -0.479 e. The van der Waals surface area contributed by atoms with E-state index in [4.69, 9.17) is 61.8 Å². The molecule has 0 aliphatic heterocycles. The van der Waals surface area contributed by atoms with Crippen molar-refractivity contribution in [2.24, 2.45) is 0 Å². The fraction of sp³-hybridized carbons (Fsp3) is 0.360. The second-order valence-corrected chi connectivity index (χ2v) is 43.0. The van der Waals surface area contributed by atoms with Gasteiger partial charge in [-0.25, -0.2) is 43.2 Å². The summed E-state index contributed by atoms with van der Waals surface area (Å²) in [4.78, 5) is 108. The molecule has 9 atom stereocenters. The van der Waals surface area contributed by atoms with E-state index in [9.17, 15) is 43.2 Å². The molecule has 8 rings (SSSR count). The molecule has 0 fully saturated rings. The highest BCUT2D eigenvalue weighted by Crippen LogP contribution is 2.40. The van der Waals surface area contributed by atoms with E-state index in [2.05, 4.69) is 62.3 Å². The molecular weight excluding hydrogens is 1510 g/mol. The zero-order valence-corrected chi connectivity index (χ0v) is 71.3. The topological polar surface area (TPSA) is 307 Å². The van der Waals surface area contributed by atoms with Crippen LogP contribution in [0.1, 0.15) is 136 Å². The van der Waals surface area contributed by atoms with Gasteiger partial charge in [0.1, 0.15) is 37.6 Å². The van der Waals surface area contributed by atoms with Crippen molar-refractivity contribution >= 4 is 110 Å². The first kappa shape index (κ1) is 94.1. The number of aliphatic carboxylic acids is 2. The zero-order chi connectivity index (χ0) is 84.8. The maximum absolute atomic E-state index is 13.2. The molecule has 0 saturated heterocycles. The Morgan fingerprint density at radius 1 is 0.263 bits per heavy atom. The summed E-state index contributed by atoms with van der Waals surface area (Å²) < 4.78 is 55.8. The van der Waals surface area contributed by atoms with E-state index >= 15 is 0 Å². The molecule has 0 spiro atoms. The average molecular weight is 1620 g/mol. The third kappa shape index (κ3) is 26.3. The quantitative estimate of drug-likeness (QED) is 0.0214. The van der Waals surface area contributed by atoms with Crippen LogP contribution in [0.4, 0.5) is 0 Å². The molecule has 610 valence electrons. The minimum atomic E-state index is -3.01. The van der Waals surface area contributed by atoms with Gasteiger partial charge in [-0.15, -0.1) is 0 Å². The molecule has 8 aromatic rings. The molecule has 3 N–H and O–H groups in total. The Labute approximate surface area is 672 Å². The number of aliphatic hydroxyl groups is 1. The van der Waals surface area contributed by atoms with Crippen molar-refractivity contribution in [1.82, 2.24) is 0 Å². The number of carboxylic acid groups (broad SMARTS) is 2. The Kier molecular flexibility index (Phi) is 36.0. The van der Waals surface area contributed by atoms with E-state index in [1.165, 1.54) is 41.5 Å². The summed E-state index contributed by atoms with van der Waals surface area (Å²) in [7, 11) is -8.90. The van der Waals surface area contributed by atoms with Crippen LogP contribution in [-0.2, 0) is 103 Å². The average Bonchev–Trinajstić information content (AvgIpc) is 0.756. The van der Waals surface area contributed by atoms with Crippen molar-refractivity contribution < 1.29 is 105 Å². The molecule has 0 bridgehead atoms. The Bertz CT molecular complexity index is 4210. The molecule has 25 heteroatoms. The van der Waals surface area contributed by atoms with Crippen LogP contribution in [0.5, 0.6) is 0 Å². The van der Waals surface area contributed by atoms with Gasteiger partial charge in [-0.05, 0) is 120 Å². The first-order valence-corrected chi connectivity index (χ1v) is 43.3. The minimum absolute atomic E-state index is 0.0587. The van der Waals surface area contributed by atoms with Crippen LogP contribution in [0.2, 0.25) is 15.1 Å². The van der Waals surface area contributed by atoms with Gasteiger partial charge >= 0.3 is 53.7 Å². The summed E-state index contributed by atoms with van der Waals surface area (Å²) >= 11 is 0. The fourth-order valence-corrected chi connectivity index (χ4v) is 26.2. The summed E-state index contributed by atoms with van der Waals surface area (Å²) in [5.41, 5.74) is 1.73. The lowest BCUT2D eigenvalue weighted by Crippen LogP contribution is -2.68. The zero-order valence-electron chi connectivity index (χ0n) is 68.3. The summed E-state index contributed by atoms with van der Waals surface area (Å²) in [5, 5.41) is 31.9. The van der Waals surface area contributed by atoms with Gasteiger partial charge in [0.05, 0.1) is 0 Å². The van der Waals surface area contributed by atoms with Crippen LogP contribution in [-0.4, -0.2) is 149 Å². The van der Waals surface area contributed by atoms with Gasteiger partial charge in [0.2, 0.25) is 0 Å². The van der Waals surface area contributed by atoms with Crippen LogP contribution in [0, 0.1) is 0 Å². The van der Waals surface area contributed by atoms with Crippen LogP contribution in [0.3, 0.4) is 0 Å². The van der Waals surface area contributed by atoms with Crippen LogP contribution in [0.25, 0.3) is 0 Å². The van der Waals surface area contributed by atoms with Gasteiger partial charge in [0.15, 0.2) is 30.5 Å². The first-order valence-electron chi connectivity index (χ1n) is 37.6. The molecule has 22 nitrogen and oxygen atoms in total. The van der Waals surface area contributed by atoms with E-state index in [1.54, 1.807) is 20.8 Å². The number of carboxylic acids is 2. The lowest BCUT2D eigenvalue weighted by molar-refractivity contribution is -0.179. The van der Waals surface area contributed by atoms with Crippen molar-refractivity contribution in [3.8, 4) is 0 Å². The molecule has 0 heterocycles. The molecule has 0 aromatic heterocycles. The van der Waals surface area contributed by atoms with Crippen LogP contribution in [0.15, 0.2) is 243 Å². The highest BCUT2D eigenvalue weighted by Gasteiger charge is 2.55. The van der Waals surface area contributed by atoms with Crippen molar-refractivity contribution in [2.45, 2.75) is 208 Å². The molecule has 8 aromatic carbocycles. The third-order valence-corrected chi connectivity index (χ3v) is 33.6. The summed E-state index contributed by atoms with van der Waals surface area (Å²) in [6.45, 7) is 32.1. The number of hydrogen-bond acceptors (Lipinski definition) is 20. The van der Waals surface area contributed by atoms with Crippen LogP contribution >= 0.6 is 0 Å². The highest BCUT2D eigenvalue weighted by molar-refractivity contribution is 7.01. The lowest BCUT2D eigenvalue weighted by atomic mass is 10.2. The molecule has 0 aliphatic rings. The monoisotopic (exact) mass is 1610 g/mol. The predicted molar refractivity (Wildman–Crippen MR) is 442 cm³/mol. The Hall–Kier alpha value is -10.5. The molecule has 0 saturated carbocycles. The molecule has 0 aliphatic carbocycles. The maximum atomic E-state index is 13.2. The number of hydrogen-bond donors (Lipinski definition) is 3. The number of rotatable bonds is 30. The number of esters is 7. The van der Waals surface area contributed by atoms with Gasteiger partial charge in [-0.2, -0.15) is 0 Å². The number of benzene rings is 8. The van der Waals surface area contributed by atoms with Crippen molar-refractivity contribution in [1.29, 1.82) is 0 Å². The Balaban J connectivity index is 0.000000286.